The first kappa shape index (κ1) is 26.4. The molecule has 0 unspecified atom stereocenters. The van der Waals surface area contributed by atoms with E-state index in [-0.39, 0.29) is 9.77 Å². The maximum absolute atomic E-state index is 13.5. The predicted octanol–water partition coefficient (Wildman–Crippen LogP) is 6.70. The Morgan fingerprint density at radius 3 is 2.37 bits per heavy atom. The molecule has 0 radical (unpaired) electrons. The van der Waals surface area contributed by atoms with Crippen molar-refractivity contribution >= 4 is 44.1 Å². The summed E-state index contributed by atoms with van der Waals surface area (Å²) in [4.78, 5) is 20.3. The fourth-order valence-electron chi connectivity index (χ4n) is 4.48. The number of rotatable bonds is 8. The molecule has 3 aromatic heterocycles. The maximum Gasteiger partial charge on any atom is 0.304 e. The highest BCUT2D eigenvalue weighted by Gasteiger charge is 2.19. The van der Waals surface area contributed by atoms with Crippen molar-refractivity contribution in [3.05, 3.63) is 105 Å². The van der Waals surface area contributed by atoms with Crippen molar-refractivity contribution in [3.63, 3.8) is 0 Å². The molecule has 0 saturated carbocycles. The third kappa shape index (κ3) is 5.33. The number of thiophene rings is 1. The SMILES string of the molecule is CCc1cc2c(c(Sc3ccccc3)cc(=O)n2Cc2ccc(-c3ccsc3S(=O)(=O)O)cc2)c(CC)n1. The fourth-order valence-corrected chi connectivity index (χ4v) is 7.27. The molecule has 0 bridgehead atoms. The van der Waals surface area contributed by atoms with Gasteiger partial charge in [-0.25, -0.2) is 0 Å². The van der Waals surface area contributed by atoms with E-state index >= 15 is 0 Å². The number of nitrogens with zero attached hydrogens (tertiary/aromatic N) is 2. The van der Waals surface area contributed by atoms with E-state index in [0.717, 1.165) is 61.8 Å². The topological polar surface area (TPSA) is 89.3 Å². The Labute approximate surface area is 229 Å². The van der Waals surface area contributed by atoms with Crippen LogP contribution in [0.3, 0.4) is 0 Å². The first-order chi connectivity index (χ1) is 18.3. The summed E-state index contributed by atoms with van der Waals surface area (Å²) in [5, 5.41) is 2.63. The van der Waals surface area contributed by atoms with Crippen LogP contribution in [0.15, 0.2) is 97.0 Å². The smallest absolute Gasteiger partial charge is 0.304 e. The molecule has 0 aliphatic carbocycles. The fraction of sp³-hybridized carbons (Fsp3) is 0.172. The third-order valence-corrected chi connectivity index (χ3v) is 9.69. The number of benzene rings is 2. The summed E-state index contributed by atoms with van der Waals surface area (Å²) in [7, 11) is -4.30. The quantitative estimate of drug-likeness (QED) is 0.212. The zero-order valence-electron chi connectivity index (χ0n) is 20.9. The Kier molecular flexibility index (Phi) is 7.54. The van der Waals surface area contributed by atoms with E-state index in [2.05, 4.69) is 13.8 Å². The molecular weight excluding hydrogens is 537 g/mol. The minimum absolute atomic E-state index is 0.0781. The number of hydrogen-bond acceptors (Lipinski definition) is 6. The maximum atomic E-state index is 13.5. The van der Waals surface area contributed by atoms with Gasteiger partial charge in [0.2, 0.25) is 0 Å². The van der Waals surface area contributed by atoms with Crippen LogP contribution in [0.2, 0.25) is 0 Å². The molecule has 0 spiro atoms. The van der Waals surface area contributed by atoms with E-state index in [1.165, 1.54) is 0 Å². The molecule has 6 nitrogen and oxygen atoms in total. The van der Waals surface area contributed by atoms with E-state index in [1.807, 2.05) is 60.7 Å². The van der Waals surface area contributed by atoms with Crippen LogP contribution in [0.25, 0.3) is 22.0 Å². The minimum atomic E-state index is -4.30. The van der Waals surface area contributed by atoms with Crippen LogP contribution in [-0.2, 0) is 29.5 Å². The van der Waals surface area contributed by atoms with Gasteiger partial charge in [0.1, 0.15) is 0 Å². The average molecular weight is 563 g/mol. The van der Waals surface area contributed by atoms with Gasteiger partial charge in [0, 0.05) is 32.5 Å². The van der Waals surface area contributed by atoms with Gasteiger partial charge in [-0.2, -0.15) is 8.42 Å². The van der Waals surface area contributed by atoms with Crippen molar-refractivity contribution in [2.75, 3.05) is 0 Å². The molecular formula is C29H26N2O4S3. The molecule has 5 rings (SSSR count). The number of fused-ring (bicyclic) bond motifs is 1. The highest BCUT2D eigenvalue weighted by molar-refractivity contribution is 7.99. The molecule has 1 N–H and O–H groups in total. The van der Waals surface area contributed by atoms with E-state index in [0.29, 0.717) is 17.7 Å². The number of aromatic nitrogens is 2. The lowest BCUT2D eigenvalue weighted by atomic mass is 10.1. The van der Waals surface area contributed by atoms with Crippen LogP contribution >= 0.6 is 23.1 Å². The second-order valence-electron chi connectivity index (χ2n) is 8.80. The summed E-state index contributed by atoms with van der Waals surface area (Å²) in [5.41, 5.74) is 4.71. The van der Waals surface area contributed by atoms with Gasteiger partial charge in [-0.3, -0.25) is 14.3 Å². The third-order valence-electron chi connectivity index (χ3n) is 6.32. The molecule has 0 amide bonds. The van der Waals surface area contributed by atoms with Crippen molar-refractivity contribution < 1.29 is 13.0 Å². The zero-order chi connectivity index (χ0) is 26.9. The lowest BCUT2D eigenvalue weighted by molar-refractivity contribution is 0.486. The Hall–Kier alpha value is -3.24. The van der Waals surface area contributed by atoms with Crippen molar-refractivity contribution in [1.29, 1.82) is 0 Å². The van der Waals surface area contributed by atoms with Gasteiger partial charge in [0.05, 0.1) is 17.8 Å². The zero-order valence-corrected chi connectivity index (χ0v) is 23.4. The summed E-state index contributed by atoms with van der Waals surface area (Å²) in [6, 6.07) is 22.8. The van der Waals surface area contributed by atoms with Crippen molar-refractivity contribution in [2.45, 2.75) is 47.2 Å². The highest BCUT2D eigenvalue weighted by Crippen LogP contribution is 2.35. The predicted molar refractivity (Wildman–Crippen MR) is 154 cm³/mol. The second-order valence-corrected chi connectivity index (χ2v) is 12.5. The summed E-state index contributed by atoms with van der Waals surface area (Å²) < 4.78 is 34.7. The highest BCUT2D eigenvalue weighted by atomic mass is 32.3. The van der Waals surface area contributed by atoms with Gasteiger partial charge >= 0.3 is 10.1 Å². The van der Waals surface area contributed by atoms with Crippen LogP contribution in [0.4, 0.5) is 0 Å². The molecule has 0 atom stereocenters. The molecule has 194 valence electrons. The van der Waals surface area contributed by atoms with Crippen LogP contribution in [0.1, 0.15) is 30.8 Å². The lowest BCUT2D eigenvalue weighted by Crippen LogP contribution is -2.21. The number of pyridine rings is 2. The van der Waals surface area contributed by atoms with E-state index < -0.39 is 10.1 Å². The van der Waals surface area contributed by atoms with Gasteiger partial charge in [-0.05, 0) is 53.6 Å². The average Bonchev–Trinajstić information content (AvgIpc) is 3.42. The summed E-state index contributed by atoms with van der Waals surface area (Å²) >= 11 is 2.55. The monoisotopic (exact) mass is 562 g/mol. The van der Waals surface area contributed by atoms with Crippen LogP contribution in [-0.4, -0.2) is 22.5 Å². The molecule has 0 aliphatic rings. The lowest BCUT2D eigenvalue weighted by Gasteiger charge is -2.17. The summed E-state index contributed by atoms with van der Waals surface area (Å²) in [6.45, 7) is 4.50. The molecule has 9 heteroatoms. The van der Waals surface area contributed by atoms with Crippen LogP contribution in [0, 0.1) is 0 Å². The first-order valence-electron chi connectivity index (χ1n) is 12.2. The van der Waals surface area contributed by atoms with E-state index in [9.17, 15) is 17.8 Å². The second kappa shape index (κ2) is 10.9. The molecule has 3 heterocycles. The van der Waals surface area contributed by atoms with Gasteiger partial charge in [-0.15, -0.1) is 11.3 Å². The van der Waals surface area contributed by atoms with Gasteiger partial charge in [-0.1, -0.05) is 68.1 Å². The van der Waals surface area contributed by atoms with Crippen molar-refractivity contribution in [2.24, 2.45) is 0 Å². The standard InChI is InChI=1S/C29H26N2O4S3/c1-3-21-16-25-28(24(4-2)30-21)26(37-22-8-6-5-7-9-22)17-27(32)31(25)18-19-10-12-20(13-11-19)23-14-15-36-29(23)38(33,34)35/h5-17H,3-4,18H2,1-2H3,(H,33,34,35). The van der Waals surface area contributed by atoms with Gasteiger partial charge in [0.15, 0.2) is 4.21 Å². The molecule has 0 saturated heterocycles. The Morgan fingerprint density at radius 2 is 1.71 bits per heavy atom. The molecule has 5 aromatic rings. The normalized spacial score (nSPS) is 11.8. The van der Waals surface area contributed by atoms with Crippen molar-refractivity contribution in [1.82, 2.24) is 9.55 Å². The minimum Gasteiger partial charge on any atom is -0.304 e. The summed E-state index contributed by atoms with van der Waals surface area (Å²) in [5.74, 6) is 0. The van der Waals surface area contributed by atoms with E-state index in [1.54, 1.807) is 33.8 Å². The molecule has 0 fully saturated rings. The Bertz CT molecular complexity index is 1780. The number of hydrogen-bond donors (Lipinski definition) is 1. The van der Waals surface area contributed by atoms with Gasteiger partial charge in [0.25, 0.3) is 5.56 Å². The van der Waals surface area contributed by atoms with Crippen LogP contribution in [0.5, 0.6) is 0 Å². The Balaban J connectivity index is 1.59. The first-order valence-corrected chi connectivity index (χ1v) is 15.4. The molecule has 0 aliphatic heterocycles. The largest absolute Gasteiger partial charge is 0.304 e. The number of aryl methyl sites for hydroxylation is 2. The van der Waals surface area contributed by atoms with Crippen LogP contribution < -0.4 is 5.56 Å². The van der Waals surface area contributed by atoms with Crippen molar-refractivity contribution in [3.8, 4) is 11.1 Å². The van der Waals surface area contributed by atoms with E-state index in [4.69, 9.17) is 4.98 Å². The summed E-state index contributed by atoms with van der Waals surface area (Å²) in [6.07, 6.45) is 1.51. The Morgan fingerprint density at radius 1 is 0.974 bits per heavy atom. The van der Waals surface area contributed by atoms with Gasteiger partial charge < -0.3 is 4.57 Å². The molecule has 38 heavy (non-hydrogen) atoms. The molecule has 2 aromatic carbocycles.